The van der Waals surface area contributed by atoms with Crippen molar-refractivity contribution in [2.24, 2.45) is 17.8 Å². The molecule has 4 heterocycles. The molecule has 2 aromatic rings. The first-order valence-corrected chi connectivity index (χ1v) is 15.3. The number of anilines is 2. The minimum atomic E-state index is -0.934. The monoisotopic (exact) mass is 571 g/mol. The van der Waals surface area contributed by atoms with Gasteiger partial charge in [-0.3, -0.25) is 14.4 Å². The minimum Gasteiger partial charge on any atom is -0.394 e. The molecule has 0 bridgehead atoms. The molecule has 1 unspecified atom stereocenters. The van der Waals surface area contributed by atoms with Gasteiger partial charge in [-0.1, -0.05) is 74.5 Å². The first-order valence-electron chi connectivity index (χ1n) is 14.4. The van der Waals surface area contributed by atoms with Crippen LogP contribution < -0.4 is 9.80 Å². The zero-order valence-electron chi connectivity index (χ0n) is 23.9. The second kappa shape index (κ2) is 10.5. The van der Waals surface area contributed by atoms with Crippen LogP contribution >= 0.6 is 11.8 Å². The zero-order chi connectivity index (χ0) is 29.1. The number of thioether (sulfide) groups is 1. The lowest BCUT2D eigenvalue weighted by Crippen LogP contribution is -2.58. The number of rotatable bonds is 5. The molecule has 2 fully saturated rings. The Balaban J connectivity index is 1.50. The van der Waals surface area contributed by atoms with E-state index in [2.05, 4.69) is 6.08 Å². The summed E-state index contributed by atoms with van der Waals surface area (Å²) in [6.45, 7) is 8.45. The summed E-state index contributed by atoms with van der Waals surface area (Å²) in [5.74, 6) is -1.93. The molecule has 2 aromatic carbocycles. The molecule has 0 aliphatic carbocycles. The maximum absolute atomic E-state index is 14.8. The van der Waals surface area contributed by atoms with Gasteiger partial charge in [0.15, 0.2) is 0 Å². The summed E-state index contributed by atoms with van der Waals surface area (Å²) in [6.07, 6.45) is 8.09. The molecule has 1 spiro atoms. The molecular formula is C33H37N3O4S. The van der Waals surface area contributed by atoms with Crippen LogP contribution in [0, 0.1) is 31.6 Å². The Kier molecular flexibility index (Phi) is 7.10. The predicted octanol–water partition coefficient (Wildman–Crippen LogP) is 4.12. The van der Waals surface area contributed by atoms with Gasteiger partial charge in [0.05, 0.1) is 29.2 Å². The van der Waals surface area contributed by atoms with E-state index in [0.717, 1.165) is 22.5 Å². The van der Waals surface area contributed by atoms with Gasteiger partial charge in [0, 0.05) is 29.7 Å². The average Bonchev–Trinajstić information content (AvgIpc) is 3.26. The Hall–Kier alpha value is -3.36. The Morgan fingerprint density at radius 1 is 0.902 bits per heavy atom. The van der Waals surface area contributed by atoms with Crippen LogP contribution in [0.4, 0.5) is 11.4 Å². The molecule has 4 aliphatic heterocycles. The van der Waals surface area contributed by atoms with Crippen molar-refractivity contribution in [2.45, 2.75) is 49.8 Å². The molecule has 1 N–H and O–H groups in total. The zero-order valence-corrected chi connectivity index (χ0v) is 24.8. The van der Waals surface area contributed by atoms with Gasteiger partial charge in [0.25, 0.3) is 5.91 Å². The summed E-state index contributed by atoms with van der Waals surface area (Å²) in [6, 6.07) is 14.1. The van der Waals surface area contributed by atoms with E-state index >= 15 is 0 Å². The van der Waals surface area contributed by atoms with Crippen LogP contribution in [0.1, 0.15) is 25.0 Å². The number of nitrogens with zero attached hydrogens (tertiary/aromatic N) is 3. The quantitative estimate of drug-likeness (QED) is 0.546. The van der Waals surface area contributed by atoms with E-state index in [4.69, 9.17) is 0 Å². The average molecular weight is 572 g/mol. The van der Waals surface area contributed by atoms with E-state index in [1.54, 1.807) is 26.5 Å². The van der Waals surface area contributed by atoms with Gasteiger partial charge in [-0.05, 0) is 43.0 Å². The summed E-state index contributed by atoms with van der Waals surface area (Å²) in [5, 5.41) is 10.3. The number of carbonyl (C=O) groups is 3. The fourth-order valence-electron chi connectivity index (χ4n) is 7.33. The lowest BCUT2D eigenvalue weighted by atomic mass is 9.78. The molecule has 7 nitrogen and oxygen atoms in total. The predicted molar refractivity (Wildman–Crippen MR) is 163 cm³/mol. The largest absolute Gasteiger partial charge is 0.394 e. The number of likely N-dealkylation sites (tertiary alicyclic amines) is 1. The maximum Gasteiger partial charge on any atom is 0.251 e. The highest BCUT2D eigenvalue weighted by atomic mass is 32.2. The molecule has 0 aromatic heterocycles. The van der Waals surface area contributed by atoms with E-state index in [9.17, 15) is 19.5 Å². The lowest BCUT2D eigenvalue weighted by molar-refractivity contribution is -0.142. The summed E-state index contributed by atoms with van der Waals surface area (Å²) in [4.78, 5) is 49.0. The highest BCUT2D eigenvalue weighted by Crippen LogP contribution is 2.61. The van der Waals surface area contributed by atoms with Gasteiger partial charge >= 0.3 is 0 Å². The van der Waals surface area contributed by atoms with Crippen LogP contribution in [0.3, 0.4) is 0 Å². The van der Waals surface area contributed by atoms with Crippen molar-refractivity contribution in [1.29, 1.82) is 0 Å². The number of hydrogen-bond donors (Lipinski definition) is 1. The summed E-state index contributed by atoms with van der Waals surface area (Å²) in [7, 11) is 0. The van der Waals surface area contributed by atoms with Crippen molar-refractivity contribution in [1.82, 2.24) is 4.90 Å². The van der Waals surface area contributed by atoms with E-state index in [0.29, 0.717) is 13.1 Å². The highest BCUT2D eigenvalue weighted by molar-refractivity contribution is 8.02. The summed E-state index contributed by atoms with van der Waals surface area (Å²) < 4.78 is -0.934. The van der Waals surface area contributed by atoms with Crippen molar-refractivity contribution in [3.05, 3.63) is 84.0 Å². The van der Waals surface area contributed by atoms with Crippen molar-refractivity contribution >= 4 is 40.9 Å². The molecule has 2 saturated heterocycles. The van der Waals surface area contributed by atoms with Crippen LogP contribution in [0.2, 0.25) is 0 Å². The van der Waals surface area contributed by atoms with Crippen molar-refractivity contribution in [3.8, 4) is 0 Å². The smallest absolute Gasteiger partial charge is 0.251 e. The molecule has 41 heavy (non-hydrogen) atoms. The fourth-order valence-corrected chi connectivity index (χ4v) is 9.32. The number of aryl methyl sites for hydroxylation is 2. The van der Waals surface area contributed by atoms with Gasteiger partial charge in [-0.2, -0.15) is 0 Å². The van der Waals surface area contributed by atoms with Gasteiger partial charge < -0.3 is 19.8 Å². The van der Waals surface area contributed by atoms with Crippen molar-refractivity contribution in [3.63, 3.8) is 0 Å². The number of amides is 3. The van der Waals surface area contributed by atoms with Crippen molar-refractivity contribution < 1.29 is 19.5 Å². The Labute approximate surface area is 245 Å². The molecular weight excluding hydrogens is 534 g/mol. The number of aliphatic hydroxyl groups is 1. The third kappa shape index (κ3) is 4.17. The molecule has 6 rings (SSSR count). The van der Waals surface area contributed by atoms with Gasteiger partial charge in [0.1, 0.15) is 6.04 Å². The number of fused-ring (bicyclic) bond motifs is 2. The lowest BCUT2D eigenvalue weighted by Gasteiger charge is -2.40. The van der Waals surface area contributed by atoms with E-state index in [-0.39, 0.29) is 35.5 Å². The second-order valence-electron chi connectivity index (χ2n) is 11.9. The van der Waals surface area contributed by atoms with Gasteiger partial charge in [-0.15, -0.1) is 11.8 Å². The molecule has 4 aliphatic rings. The molecule has 0 radical (unpaired) electrons. The number of para-hydroxylation sites is 2. The minimum absolute atomic E-state index is 0.0835. The molecule has 6 atom stereocenters. The Morgan fingerprint density at radius 3 is 2.24 bits per heavy atom. The third-order valence-electron chi connectivity index (χ3n) is 9.19. The van der Waals surface area contributed by atoms with Crippen LogP contribution in [-0.2, 0) is 14.4 Å². The molecule has 8 heteroatoms. The fraction of sp³-hybridized carbons (Fsp3) is 0.424. The van der Waals surface area contributed by atoms with Gasteiger partial charge in [-0.25, -0.2) is 0 Å². The van der Waals surface area contributed by atoms with Crippen LogP contribution in [0.25, 0.3) is 0 Å². The number of carbonyl (C=O) groups excluding carboxylic acids is 3. The second-order valence-corrected chi connectivity index (χ2v) is 13.4. The normalized spacial score (nSPS) is 29.9. The van der Waals surface area contributed by atoms with Crippen LogP contribution in [0.5, 0.6) is 0 Å². The highest BCUT2D eigenvalue weighted by Gasteiger charge is 2.72. The van der Waals surface area contributed by atoms with Crippen LogP contribution in [0.15, 0.2) is 72.8 Å². The van der Waals surface area contributed by atoms with E-state index in [1.165, 1.54) is 0 Å². The molecule has 214 valence electrons. The van der Waals surface area contributed by atoms with Crippen LogP contribution in [-0.4, -0.2) is 69.5 Å². The Bertz CT molecular complexity index is 1420. The molecule has 3 amide bonds. The van der Waals surface area contributed by atoms with Crippen molar-refractivity contribution in [2.75, 3.05) is 29.5 Å². The Morgan fingerprint density at radius 2 is 1.59 bits per heavy atom. The van der Waals surface area contributed by atoms with Gasteiger partial charge in [0.2, 0.25) is 11.8 Å². The van der Waals surface area contributed by atoms with E-state index < -0.39 is 28.7 Å². The first kappa shape index (κ1) is 27.8. The third-order valence-corrected chi connectivity index (χ3v) is 10.9. The van der Waals surface area contributed by atoms with E-state index in [1.807, 2.05) is 94.5 Å². The first-order chi connectivity index (χ1) is 19.7. The topological polar surface area (TPSA) is 81.2 Å². The number of hydrogen-bond acceptors (Lipinski definition) is 5. The number of aliphatic hydroxyl groups excluding tert-OH is 1. The standard InChI is InChI=1S/C33H37N3O4S/c1-20(2)24(19-37)36-29-32(40)35(28-21(3)11-8-12-22(28)4)18-10-16-33(29)27(31(36)39)26-25(41-33)15-9-17-34(30(26)38)23-13-6-5-7-14-23/h5-16,20,24-27,29,37H,17-19H2,1-4H3/t24-,25+,26-,27-,29?,33-/m0/s1. The summed E-state index contributed by atoms with van der Waals surface area (Å²) in [5.41, 5.74) is 3.61. The SMILES string of the molecule is Cc1cccc(C)c1N1CC=C[C@]23S[C@@H]4C=CCN(c5ccccc5)C(=O)[C@@H]4[C@H]2C(=O)N([C@@H](CO)C(C)C)C3C1=O. The number of benzene rings is 2. The summed E-state index contributed by atoms with van der Waals surface area (Å²) >= 11 is 1.57. The molecule has 0 saturated carbocycles. The maximum atomic E-state index is 14.8.